The number of para-hydroxylation sites is 1. The van der Waals surface area contributed by atoms with Crippen LogP contribution in [0, 0.1) is 0 Å². The third-order valence-corrected chi connectivity index (χ3v) is 3.91. The van der Waals surface area contributed by atoms with Crippen molar-refractivity contribution in [3.05, 3.63) is 53.9 Å². The van der Waals surface area contributed by atoms with E-state index < -0.39 is 0 Å². The fourth-order valence-electron chi connectivity index (χ4n) is 2.32. The second-order valence-corrected chi connectivity index (χ2v) is 5.73. The number of methoxy groups -OCH3 is 1. The molecule has 1 atom stereocenters. The summed E-state index contributed by atoms with van der Waals surface area (Å²) in [5, 5.41) is 6.26. The lowest BCUT2D eigenvalue weighted by Gasteiger charge is -2.12. The lowest BCUT2D eigenvalue weighted by molar-refractivity contribution is 0.0939. The molecule has 0 aliphatic heterocycles. The first kappa shape index (κ1) is 17.8. The number of carbonyl (C=O) groups is 1. The molecule has 5 heteroatoms. The number of pyridine rings is 1. The molecule has 5 nitrogen and oxygen atoms in total. The third-order valence-electron chi connectivity index (χ3n) is 3.91. The van der Waals surface area contributed by atoms with Gasteiger partial charge in [0.1, 0.15) is 5.75 Å². The highest BCUT2D eigenvalue weighted by Crippen LogP contribution is 2.18. The number of aromatic nitrogens is 1. The van der Waals surface area contributed by atoms with Crippen molar-refractivity contribution in [2.75, 3.05) is 19.0 Å². The van der Waals surface area contributed by atoms with Crippen molar-refractivity contribution in [1.29, 1.82) is 0 Å². The molecule has 0 bridgehead atoms. The van der Waals surface area contributed by atoms with Crippen LogP contribution in [0.3, 0.4) is 0 Å². The molecule has 128 valence electrons. The van der Waals surface area contributed by atoms with Crippen LogP contribution in [0.2, 0.25) is 0 Å². The molecule has 0 saturated heterocycles. The van der Waals surface area contributed by atoms with E-state index in [-0.39, 0.29) is 11.9 Å². The Morgan fingerprint density at radius 1 is 1.29 bits per heavy atom. The highest BCUT2D eigenvalue weighted by Gasteiger charge is 2.09. The molecule has 0 spiro atoms. The van der Waals surface area contributed by atoms with Crippen molar-refractivity contribution < 1.29 is 9.53 Å². The molecule has 2 aromatic rings. The van der Waals surface area contributed by atoms with Crippen LogP contribution in [0.15, 0.2) is 42.7 Å². The summed E-state index contributed by atoms with van der Waals surface area (Å²) in [6.45, 7) is 4.76. The molecule has 24 heavy (non-hydrogen) atoms. The van der Waals surface area contributed by atoms with Gasteiger partial charge in [-0.3, -0.25) is 9.78 Å². The normalized spacial score (nSPS) is 11.6. The summed E-state index contributed by atoms with van der Waals surface area (Å²) in [6.07, 6.45) is 5.04. The number of nitrogens with one attached hydrogen (secondary N) is 2. The number of carbonyl (C=O) groups excluding carboxylic acids is 1. The monoisotopic (exact) mass is 327 g/mol. The van der Waals surface area contributed by atoms with Crippen LogP contribution in [-0.4, -0.2) is 30.6 Å². The van der Waals surface area contributed by atoms with Gasteiger partial charge in [0, 0.05) is 25.0 Å². The van der Waals surface area contributed by atoms with Gasteiger partial charge in [-0.2, -0.15) is 0 Å². The van der Waals surface area contributed by atoms with Crippen LogP contribution < -0.4 is 15.4 Å². The highest BCUT2D eigenvalue weighted by atomic mass is 16.5. The van der Waals surface area contributed by atoms with Gasteiger partial charge in [0.25, 0.3) is 5.91 Å². The Bertz CT molecular complexity index is 673. The van der Waals surface area contributed by atoms with Gasteiger partial charge in [-0.1, -0.05) is 25.1 Å². The zero-order valence-electron chi connectivity index (χ0n) is 14.5. The van der Waals surface area contributed by atoms with Gasteiger partial charge in [-0.25, -0.2) is 0 Å². The van der Waals surface area contributed by atoms with Gasteiger partial charge in [0.2, 0.25) is 0 Å². The van der Waals surface area contributed by atoms with E-state index in [9.17, 15) is 4.79 Å². The fraction of sp³-hybridized carbons (Fsp3) is 0.368. The second-order valence-electron chi connectivity index (χ2n) is 5.73. The molecule has 1 amide bonds. The lowest BCUT2D eigenvalue weighted by atomic mass is 10.1. The number of rotatable bonds is 8. The lowest BCUT2D eigenvalue weighted by Crippen LogP contribution is -2.32. The van der Waals surface area contributed by atoms with Crippen molar-refractivity contribution in [3.8, 4) is 5.75 Å². The van der Waals surface area contributed by atoms with E-state index in [0.29, 0.717) is 5.56 Å². The van der Waals surface area contributed by atoms with Crippen LogP contribution in [0.25, 0.3) is 0 Å². The SMILES string of the molecule is CCC(C)NC(=O)c1cncc(NCCc2ccccc2OC)c1. The largest absolute Gasteiger partial charge is 0.496 e. The van der Waals surface area contributed by atoms with Gasteiger partial charge >= 0.3 is 0 Å². The van der Waals surface area contributed by atoms with E-state index in [1.807, 2.05) is 38.1 Å². The van der Waals surface area contributed by atoms with E-state index in [2.05, 4.69) is 21.7 Å². The molecular weight excluding hydrogens is 302 g/mol. The Balaban J connectivity index is 1.93. The van der Waals surface area contributed by atoms with Crippen LogP contribution in [-0.2, 0) is 6.42 Å². The molecule has 2 N–H and O–H groups in total. The first-order valence-corrected chi connectivity index (χ1v) is 8.25. The number of amides is 1. The van der Waals surface area contributed by atoms with Gasteiger partial charge < -0.3 is 15.4 Å². The zero-order valence-corrected chi connectivity index (χ0v) is 14.5. The van der Waals surface area contributed by atoms with Gasteiger partial charge in [0.15, 0.2) is 0 Å². The first-order valence-electron chi connectivity index (χ1n) is 8.25. The van der Waals surface area contributed by atoms with Crippen molar-refractivity contribution in [2.45, 2.75) is 32.7 Å². The molecule has 0 aliphatic carbocycles. The molecule has 0 radical (unpaired) electrons. The summed E-state index contributed by atoms with van der Waals surface area (Å²) in [5.74, 6) is 0.796. The zero-order chi connectivity index (χ0) is 17.4. The Morgan fingerprint density at radius 2 is 2.08 bits per heavy atom. The van der Waals surface area contributed by atoms with Crippen LogP contribution in [0.1, 0.15) is 36.2 Å². The summed E-state index contributed by atoms with van der Waals surface area (Å²) in [6, 6.07) is 9.94. The van der Waals surface area contributed by atoms with Crippen molar-refractivity contribution >= 4 is 11.6 Å². The molecule has 1 aromatic heterocycles. The average molecular weight is 327 g/mol. The molecule has 1 unspecified atom stereocenters. The van der Waals surface area contributed by atoms with E-state index in [0.717, 1.165) is 36.4 Å². The predicted molar refractivity (Wildman–Crippen MR) is 96.6 cm³/mol. The molecular formula is C19H25N3O2. The van der Waals surface area contributed by atoms with Crippen molar-refractivity contribution in [2.24, 2.45) is 0 Å². The van der Waals surface area contributed by atoms with Crippen molar-refractivity contribution in [1.82, 2.24) is 10.3 Å². The third kappa shape index (κ3) is 4.98. The Hall–Kier alpha value is -2.56. The molecule has 0 fully saturated rings. The maximum Gasteiger partial charge on any atom is 0.253 e. The second kappa shape index (κ2) is 8.91. The van der Waals surface area contributed by atoms with Gasteiger partial charge in [0.05, 0.1) is 18.4 Å². The molecule has 2 rings (SSSR count). The maximum atomic E-state index is 12.1. The predicted octanol–water partition coefficient (Wildman–Crippen LogP) is 3.27. The van der Waals surface area contributed by atoms with E-state index >= 15 is 0 Å². The number of ether oxygens (including phenoxy) is 1. The quantitative estimate of drug-likeness (QED) is 0.781. The van der Waals surface area contributed by atoms with Crippen LogP contribution in [0.4, 0.5) is 5.69 Å². The number of hydrogen-bond acceptors (Lipinski definition) is 4. The van der Waals surface area contributed by atoms with Gasteiger partial charge in [-0.05, 0) is 37.5 Å². The Morgan fingerprint density at radius 3 is 2.83 bits per heavy atom. The summed E-state index contributed by atoms with van der Waals surface area (Å²) in [5.41, 5.74) is 2.55. The summed E-state index contributed by atoms with van der Waals surface area (Å²) < 4.78 is 5.35. The number of hydrogen-bond donors (Lipinski definition) is 2. The Kier molecular flexibility index (Phi) is 6.61. The minimum atomic E-state index is -0.0924. The van der Waals surface area contributed by atoms with Crippen LogP contribution in [0.5, 0.6) is 5.75 Å². The Labute approximate surface area is 143 Å². The summed E-state index contributed by atoms with van der Waals surface area (Å²) >= 11 is 0. The standard InChI is InChI=1S/C19H25N3O2/c1-4-14(2)22-19(23)16-11-17(13-20-12-16)21-10-9-15-7-5-6-8-18(15)24-3/h5-8,11-14,21H,4,9-10H2,1-3H3,(H,22,23). The summed E-state index contributed by atoms with van der Waals surface area (Å²) in [7, 11) is 1.68. The molecule has 0 aliphatic rings. The van der Waals surface area contributed by atoms with E-state index in [1.54, 1.807) is 19.5 Å². The smallest absolute Gasteiger partial charge is 0.253 e. The minimum Gasteiger partial charge on any atom is -0.496 e. The van der Waals surface area contributed by atoms with E-state index in [4.69, 9.17) is 4.74 Å². The van der Waals surface area contributed by atoms with Crippen molar-refractivity contribution in [3.63, 3.8) is 0 Å². The topological polar surface area (TPSA) is 63.2 Å². The maximum absolute atomic E-state index is 12.1. The van der Waals surface area contributed by atoms with Crippen LogP contribution >= 0.6 is 0 Å². The average Bonchev–Trinajstić information content (AvgIpc) is 2.62. The number of anilines is 1. The molecule has 1 heterocycles. The fourth-order valence-corrected chi connectivity index (χ4v) is 2.32. The minimum absolute atomic E-state index is 0.0924. The summed E-state index contributed by atoms with van der Waals surface area (Å²) in [4.78, 5) is 16.3. The molecule has 0 saturated carbocycles. The van der Waals surface area contributed by atoms with Gasteiger partial charge in [-0.15, -0.1) is 0 Å². The van der Waals surface area contributed by atoms with E-state index in [1.165, 1.54) is 0 Å². The first-order chi connectivity index (χ1) is 11.6. The highest BCUT2D eigenvalue weighted by molar-refractivity contribution is 5.94. The molecule has 1 aromatic carbocycles. The number of nitrogens with zero attached hydrogens (tertiary/aromatic N) is 1. The number of benzene rings is 1.